The van der Waals surface area contributed by atoms with Gasteiger partial charge in [0.05, 0.1) is 22.5 Å². The second kappa shape index (κ2) is 5.86. The van der Waals surface area contributed by atoms with Gasteiger partial charge in [0.25, 0.3) is 5.91 Å². The second-order valence-corrected chi connectivity index (χ2v) is 7.24. The zero-order chi connectivity index (χ0) is 19.7. The highest BCUT2D eigenvalue weighted by molar-refractivity contribution is 6.41. The molecule has 0 radical (unpaired) electrons. The van der Waals surface area contributed by atoms with Crippen molar-refractivity contribution in [1.29, 1.82) is 0 Å². The third kappa shape index (κ3) is 2.33. The van der Waals surface area contributed by atoms with Crippen LogP contribution in [0.25, 0.3) is 22.3 Å². The fourth-order valence-corrected chi connectivity index (χ4v) is 3.82. The summed E-state index contributed by atoms with van der Waals surface area (Å²) in [4.78, 5) is 20.2. The molecule has 9 heteroatoms. The number of rotatable bonds is 3. The number of benzene rings is 1. The molecule has 4 aromatic heterocycles. The number of aromatic nitrogens is 2. The van der Waals surface area contributed by atoms with E-state index in [0.29, 0.717) is 16.9 Å². The molecule has 2 bridgehead atoms. The molecule has 4 heterocycles. The number of nitrogens with one attached hydrogen (secondary N) is 1. The van der Waals surface area contributed by atoms with Crippen molar-refractivity contribution in [2.45, 2.75) is 12.8 Å². The van der Waals surface area contributed by atoms with E-state index < -0.39 is 17.7 Å². The monoisotopic (exact) mass is 419 g/mol. The van der Waals surface area contributed by atoms with Crippen molar-refractivity contribution in [3.63, 3.8) is 0 Å². The average molecular weight is 420 g/mol. The highest BCUT2D eigenvalue weighted by Gasteiger charge is 2.44. The van der Waals surface area contributed by atoms with Crippen LogP contribution in [0.15, 0.2) is 28.9 Å². The molecular weight excluding hydrogens is 411 g/mol. The number of anilines is 1. The molecule has 0 aliphatic heterocycles. The van der Waals surface area contributed by atoms with Crippen molar-refractivity contribution in [3.8, 4) is 11.1 Å². The maximum absolute atomic E-state index is 14.4. The second-order valence-electron chi connectivity index (χ2n) is 6.47. The Hall–Kier alpha value is -2.77. The lowest BCUT2D eigenvalue weighted by atomic mass is 9.99. The van der Waals surface area contributed by atoms with Gasteiger partial charge in [-0.3, -0.25) is 4.79 Å². The van der Waals surface area contributed by atoms with E-state index in [2.05, 4.69) is 15.3 Å². The predicted octanol–water partition coefficient (Wildman–Crippen LogP) is 5.63. The minimum Gasteiger partial charge on any atom is -0.455 e. The lowest BCUT2D eigenvalue weighted by Crippen LogP contribution is -2.13. The lowest BCUT2D eigenvalue weighted by Gasteiger charge is -2.08. The molecule has 5 rings (SSSR count). The molecule has 5 nitrogen and oxygen atoms in total. The summed E-state index contributed by atoms with van der Waals surface area (Å²) < 4.78 is 33.9. The van der Waals surface area contributed by atoms with Crippen molar-refractivity contribution in [1.82, 2.24) is 9.97 Å². The van der Waals surface area contributed by atoms with Crippen LogP contribution >= 0.6 is 23.2 Å². The van der Waals surface area contributed by atoms with E-state index in [9.17, 15) is 13.6 Å². The molecule has 0 unspecified atom stereocenters. The highest BCUT2D eigenvalue weighted by Crippen LogP contribution is 2.58. The number of furan rings is 2. The molecular formula is C19H9Cl2F2N3O2. The molecule has 0 fully saturated rings. The molecule has 1 N–H and O–H groups in total. The fourth-order valence-electron chi connectivity index (χ4n) is 3.55. The Balaban J connectivity index is 1.65. The van der Waals surface area contributed by atoms with Crippen molar-refractivity contribution in [3.05, 3.63) is 63.2 Å². The molecule has 1 aliphatic carbocycles. The maximum atomic E-state index is 14.4. The van der Waals surface area contributed by atoms with Crippen molar-refractivity contribution in [2.75, 3.05) is 5.32 Å². The molecule has 140 valence electrons. The first-order valence-corrected chi connectivity index (χ1v) is 8.98. The number of hydrogen-bond donors (Lipinski definition) is 1. The summed E-state index contributed by atoms with van der Waals surface area (Å²) in [5.74, 6) is -2.83. The van der Waals surface area contributed by atoms with E-state index in [4.69, 9.17) is 27.6 Å². The van der Waals surface area contributed by atoms with Gasteiger partial charge >= 0.3 is 0 Å². The molecule has 4 aromatic rings. The van der Waals surface area contributed by atoms with Crippen LogP contribution in [0.5, 0.6) is 0 Å². The molecule has 1 amide bonds. The molecule has 1 atom stereocenters. The summed E-state index contributed by atoms with van der Waals surface area (Å²) in [6.07, 6.45) is 2.48. The minimum atomic E-state index is -1.25. The van der Waals surface area contributed by atoms with Gasteiger partial charge in [0.2, 0.25) is 5.95 Å². The van der Waals surface area contributed by atoms with Gasteiger partial charge in [-0.2, -0.15) is 4.39 Å². The summed E-state index contributed by atoms with van der Waals surface area (Å²) in [5.41, 5.74) is 3.14. The van der Waals surface area contributed by atoms with Crippen LogP contribution in [0, 0.1) is 11.8 Å². The maximum Gasteiger partial charge on any atom is 0.260 e. The molecule has 0 saturated heterocycles. The van der Waals surface area contributed by atoms with Crippen LogP contribution in [0.3, 0.4) is 0 Å². The summed E-state index contributed by atoms with van der Waals surface area (Å²) in [6, 6.07) is 2.75. The van der Waals surface area contributed by atoms with Crippen molar-refractivity contribution >= 4 is 46.0 Å². The van der Waals surface area contributed by atoms with E-state index >= 15 is 0 Å². The molecule has 0 aromatic carbocycles. The van der Waals surface area contributed by atoms with E-state index in [1.807, 2.05) is 6.92 Å². The molecule has 1 aliphatic rings. The van der Waals surface area contributed by atoms with Crippen LogP contribution in [-0.2, 0) is 0 Å². The Kier molecular flexibility index (Phi) is 3.63. The van der Waals surface area contributed by atoms with Crippen molar-refractivity contribution in [2.24, 2.45) is 0 Å². The number of nitrogens with zero attached hydrogens (tertiary/aromatic N) is 2. The van der Waals surface area contributed by atoms with Crippen LogP contribution in [-0.4, -0.2) is 15.9 Å². The first-order valence-electron chi connectivity index (χ1n) is 8.22. The third-order valence-corrected chi connectivity index (χ3v) is 5.55. The zero-order valence-corrected chi connectivity index (χ0v) is 15.6. The molecule has 0 spiro atoms. The van der Waals surface area contributed by atoms with Crippen LogP contribution in [0.2, 0.25) is 10.2 Å². The molecule has 28 heavy (non-hydrogen) atoms. The number of carbonyl (C=O) groups is 1. The number of halogens is 4. The summed E-state index contributed by atoms with van der Waals surface area (Å²) in [5, 5.41) is 2.92. The fraction of sp³-hybridized carbons (Fsp3) is 0.105. The van der Waals surface area contributed by atoms with Crippen molar-refractivity contribution < 1.29 is 18.0 Å². The van der Waals surface area contributed by atoms with Gasteiger partial charge in [0, 0.05) is 34.4 Å². The first kappa shape index (κ1) is 17.3. The zero-order valence-electron chi connectivity index (χ0n) is 14.1. The quantitative estimate of drug-likeness (QED) is 0.437. The normalized spacial score (nSPS) is 15.1. The van der Waals surface area contributed by atoms with Crippen LogP contribution in [0.1, 0.15) is 34.3 Å². The Morgan fingerprint density at radius 1 is 1.21 bits per heavy atom. The summed E-state index contributed by atoms with van der Waals surface area (Å²) in [6.45, 7) is 1.96. The van der Waals surface area contributed by atoms with Gasteiger partial charge in [0.1, 0.15) is 16.3 Å². The number of hydrogen-bond acceptors (Lipinski definition) is 4. The molecule has 0 saturated carbocycles. The van der Waals surface area contributed by atoms with E-state index in [0.717, 1.165) is 17.3 Å². The van der Waals surface area contributed by atoms with Gasteiger partial charge in [-0.05, 0) is 12.1 Å². The number of carbonyl (C=O) groups excluding carboxylic acids is 1. The van der Waals surface area contributed by atoms with E-state index in [1.54, 1.807) is 0 Å². The van der Waals surface area contributed by atoms with Gasteiger partial charge in [-0.15, -0.1) is 0 Å². The largest absolute Gasteiger partial charge is 0.455 e. The van der Waals surface area contributed by atoms with Gasteiger partial charge in [-0.1, -0.05) is 30.1 Å². The SMILES string of the molecule is C[C@H]1c2c1c1oc2c(C(=O)Nc2cnc(Cl)c(Cl)c2)c1-c1ccnc(F)c1F. The number of fused-ring (bicyclic) bond motifs is 5. The average Bonchev–Trinajstić information content (AvgIpc) is 3.01. The van der Waals surface area contributed by atoms with Gasteiger partial charge in [-0.25, -0.2) is 14.4 Å². The predicted molar refractivity (Wildman–Crippen MR) is 100 cm³/mol. The Morgan fingerprint density at radius 3 is 2.71 bits per heavy atom. The lowest BCUT2D eigenvalue weighted by molar-refractivity contribution is 0.102. The number of pyridine rings is 2. The standard InChI is InChI=1S/C19H9Cl2F2N3O2/c1-6-10-11(6)16-13(19(27)26-7-4-9(20)17(21)25-5-7)12(15(10)28-16)8-2-3-24-18(23)14(8)22/h2-6H,1H3,(H,26,27)/t6-/m1/s1. The van der Waals surface area contributed by atoms with Gasteiger partial charge in [0.15, 0.2) is 5.82 Å². The minimum absolute atomic E-state index is 0.0828. The Labute approximate surface area is 166 Å². The highest BCUT2D eigenvalue weighted by atomic mass is 35.5. The number of amides is 1. The Bertz CT molecular complexity index is 1290. The summed E-state index contributed by atoms with van der Waals surface area (Å²) >= 11 is 11.7. The smallest absolute Gasteiger partial charge is 0.260 e. The third-order valence-electron chi connectivity index (χ3n) is 4.87. The Morgan fingerprint density at radius 2 is 1.96 bits per heavy atom. The van der Waals surface area contributed by atoms with Gasteiger partial charge < -0.3 is 9.73 Å². The van der Waals surface area contributed by atoms with E-state index in [1.165, 1.54) is 18.3 Å². The van der Waals surface area contributed by atoms with Crippen LogP contribution in [0.4, 0.5) is 14.5 Å². The van der Waals surface area contributed by atoms with Crippen LogP contribution < -0.4 is 5.32 Å². The van der Waals surface area contributed by atoms with E-state index in [-0.39, 0.29) is 32.8 Å². The first-order chi connectivity index (χ1) is 13.4. The topological polar surface area (TPSA) is 68.0 Å². The summed E-state index contributed by atoms with van der Waals surface area (Å²) in [7, 11) is 0.